The number of fused-ring (bicyclic) bond motifs is 2. The maximum Gasteiger partial charge on any atom is 0.229 e. The molecule has 0 aliphatic heterocycles. The zero-order valence-electron chi connectivity index (χ0n) is 21.6. The van der Waals surface area contributed by atoms with Crippen LogP contribution < -0.4 is 10.6 Å². The van der Waals surface area contributed by atoms with Crippen LogP contribution in [0.1, 0.15) is 41.8 Å². The van der Waals surface area contributed by atoms with Crippen LogP contribution in [0, 0.1) is 29.0 Å². The summed E-state index contributed by atoms with van der Waals surface area (Å²) < 4.78 is 15.4. The molecule has 7 atom stereocenters. The molecule has 0 bridgehead atoms. The molecule has 3 aliphatic rings. The Morgan fingerprint density at radius 1 is 1.12 bits per heavy atom. The number of aliphatic hydroxyl groups is 2. The average molecular weight is 539 g/mol. The van der Waals surface area contributed by atoms with Gasteiger partial charge < -0.3 is 25.4 Å². The zero-order valence-corrected chi connectivity index (χ0v) is 21.6. The number of hydrogen-bond acceptors (Lipinski definition) is 7. The number of amides is 1. The molecule has 4 aromatic rings. The molecule has 0 radical (unpaired) electrons. The second kappa shape index (κ2) is 9.11. The van der Waals surface area contributed by atoms with Gasteiger partial charge in [-0.3, -0.25) is 4.79 Å². The number of halogens is 1. The van der Waals surface area contributed by atoms with E-state index >= 15 is 0 Å². The molecule has 4 unspecified atom stereocenters. The van der Waals surface area contributed by atoms with E-state index in [1.54, 1.807) is 23.0 Å². The maximum absolute atomic E-state index is 13.7. The van der Waals surface area contributed by atoms with Crippen LogP contribution in [0.25, 0.3) is 11.2 Å². The van der Waals surface area contributed by atoms with Gasteiger partial charge >= 0.3 is 0 Å². The Morgan fingerprint density at radius 3 is 2.73 bits per heavy atom. The van der Waals surface area contributed by atoms with E-state index in [0.29, 0.717) is 34.9 Å². The summed E-state index contributed by atoms with van der Waals surface area (Å²) in [5, 5.41) is 28.0. The van der Waals surface area contributed by atoms with Crippen molar-refractivity contribution in [2.75, 3.05) is 12.4 Å². The van der Waals surface area contributed by atoms with Gasteiger partial charge in [-0.2, -0.15) is 0 Å². The zero-order chi connectivity index (χ0) is 27.6. The lowest BCUT2D eigenvalue weighted by Gasteiger charge is -2.23. The molecule has 3 fully saturated rings. The summed E-state index contributed by atoms with van der Waals surface area (Å²) in [6.07, 6.45) is 0.593. The van der Waals surface area contributed by atoms with Crippen molar-refractivity contribution in [1.82, 2.24) is 24.8 Å². The maximum atomic E-state index is 13.7. The number of rotatable bonds is 5. The molecule has 0 spiro atoms. The Labute approximate surface area is 229 Å². The van der Waals surface area contributed by atoms with Gasteiger partial charge in [-0.1, -0.05) is 42.3 Å². The third kappa shape index (κ3) is 3.85. The lowest BCUT2D eigenvalue weighted by atomic mass is 9.98. The molecule has 4 N–H and O–H groups in total. The Kier molecular flexibility index (Phi) is 5.63. The van der Waals surface area contributed by atoms with Gasteiger partial charge in [-0.05, 0) is 42.5 Å². The van der Waals surface area contributed by atoms with Gasteiger partial charge in [0.1, 0.15) is 11.9 Å². The first kappa shape index (κ1) is 24.7. The number of anilines is 1. The van der Waals surface area contributed by atoms with Crippen molar-refractivity contribution in [3.8, 4) is 11.8 Å². The summed E-state index contributed by atoms with van der Waals surface area (Å²) in [6, 6.07) is 15.8. The summed E-state index contributed by atoms with van der Waals surface area (Å²) in [5.41, 5.74) is 1.65. The predicted molar refractivity (Wildman–Crippen MR) is 145 cm³/mol. The monoisotopic (exact) mass is 538 g/mol. The SMILES string of the molecule is CNC(=O)C12CC1[C@@H](n1cnc3c(NC4CC4c4ccccc4)nc(C#Cc4cccc(F)c4)nc31)[C@H](O)[C@@H]2O. The third-order valence-electron chi connectivity index (χ3n) is 8.55. The molecular formula is C30H27FN6O3. The Bertz CT molecular complexity index is 1700. The van der Waals surface area contributed by atoms with Crippen molar-refractivity contribution in [2.45, 2.75) is 43.1 Å². The minimum absolute atomic E-state index is 0.151. The van der Waals surface area contributed by atoms with Crippen molar-refractivity contribution in [1.29, 1.82) is 0 Å². The topological polar surface area (TPSA) is 125 Å². The smallest absolute Gasteiger partial charge is 0.229 e. The number of imidazole rings is 1. The fourth-order valence-corrected chi connectivity index (χ4v) is 6.37. The van der Waals surface area contributed by atoms with Crippen LogP contribution in [0.2, 0.25) is 0 Å². The van der Waals surface area contributed by atoms with E-state index in [2.05, 4.69) is 49.6 Å². The number of aromatic nitrogens is 4. The molecule has 2 aromatic heterocycles. The molecule has 10 heteroatoms. The molecule has 9 nitrogen and oxygen atoms in total. The van der Waals surface area contributed by atoms with Crippen LogP contribution in [-0.2, 0) is 4.79 Å². The molecule has 3 aliphatic carbocycles. The van der Waals surface area contributed by atoms with Crippen molar-refractivity contribution < 1.29 is 19.4 Å². The van der Waals surface area contributed by atoms with E-state index in [1.165, 1.54) is 24.7 Å². The normalized spacial score (nSPS) is 29.8. The van der Waals surface area contributed by atoms with Gasteiger partial charge in [-0.25, -0.2) is 19.3 Å². The highest BCUT2D eigenvalue weighted by molar-refractivity contribution is 5.88. The minimum Gasteiger partial charge on any atom is -0.389 e. The average Bonchev–Trinajstić information content (AvgIpc) is 3.85. The van der Waals surface area contributed by atoms with Crippen molar-refractivity contribution in [2.24, 2.45) is 11.3 Å². The highest BCUT2D eigenvalue weighted by Crippen LogP contribution is 2.67. The number of nitrogens with zero attached hydrogens (tertiary/aromatic N) is 4. The second-order valence-electron chi connectivity index (χ2n) is 10.8. The summed E-state index contributed by atoms with van der Waals surface area (Å²) in [5.74, 6) is 5.99. The van der Waals surface area contributed by atoms with Gasteiger partial charge in [-0.15, -0.1) is 0 Å². The number of hydrogen-bond donors (Lipinski definition) is 4. The number of nitrogens with one attached hydrogen (secondary N) is 2. The highest BCUT2D eigenvalue weighted by atomic mass is 19.1. The van der Waals surface area contributed by atoms with E-state index in [-0.39, 0.29) is 29.5 Å². The molecule has 3 saturated carbocycles. The summed E-state index contributed by atoms with van der Waals surface area (Å²) in [6.45, 7) is 0. The first-order valence-electron chi connectivity index (χ1n) is 13.3. The first-order valence-corrected chi connectivity index (χ1v) is 13.3. The highest BCUT2D eigenvalue weighted by Gasteiger charge is 2.75. The van der Waals surface area contributed by atoms with Crippen molar-refractivity contribution in [3.63, 3.8) is 0 Å². The molecule has 0 saturated heterocycles. The van der Waals surface area contributed by atoms with E-state index in [9.17, 15) is 19.4 Å². The van der Waals surface area contributed by atoms with Crippen LogP contribution in [0.15, 0.2) is 60.9 Å². The minimum atomic E-state index is -1.20. The van der Waals surface area contributed by atoms with Gasteiger partial charge in [0.2, 0.25) is 11.7 Å². The van der Waals surface area contributed by atoms with Crippen LogP contribution in [-0.4, -0.2) is 60.9 Å². The molecule has 7 rings (SSSR count). The third-order valence-corrected chi connectivity index (χ3v) is 8.55. The van der Waals surface area contributed by atoms with Crippen molar-refractivity contribution in [3.05, 3.63) is 83.7 Å². The number of carbonyl (C=O) groups excluding carboxylic acids is 1. The van der Waals surface area contributed by atoms with E-state index in [4.69, 9.17) is 0 Å². The largest absolute Gasteiger partial charge is 0.389 e. The Balaban J connectivity index is 1.28. The van der Waals surface area contributed by atoms with Crippen molar-refractivity contribution >= 4 is 22.9 Å². The molecule has 2 heterocycles. The summed E-state index contributed by atoms with van der Waals surface area (Å²) in [7, 11) is 1.53. The van der Waals surface area contributed by atoms with E-state index in [0.717, 1.165) is 6.42 Å². The molecule has 40 heavy (non-hydrogen) atoms. The van der Waals surface area contributed by atoms with Crippen LogP contribution >= 0.6 is 0 Å². The second-order valence-corrected chi connectivity index (χ2v) is 10.8. The predicted octanol–water partition coefficient (Wildman–Crippen LogP) is 2.36. The van der Waals surface area contributed by atoms with Gasteiger partial charge in [0, 0.05) is 30.5 Å². The fourth-order valence-electron chi connectivity index (χ4n) is 6.37. The van der Waals surface area contributed by atoms with Crippen LogP contribution in [0.4, 0.5) is 10.2 Å². The Morgan fingerprint density at radius 2 is 1.95 bits per heavy atom. The number of aliphatic hydroxyl groups excluding tert-OH is 2. The lowest BCUT2D eigenvalue weighted by Crippen LogP contribution is -2.41. The van der Waals surface area contributed by atoms with Crippen LogP contribution in [0.5, 0.6) is 0 Å². The molecule has 2 aromatic carbocycles. The van der Waals surface area contributed by atoms with E-state index < -0.39 is 23.7 Å². The molecule has 202 valence electrons. The van der Waals surface area contributed by atoms with Gasteiger partial charge in [0.25, 0.3) is 0 Å². The fraction of sp³-hybridized carbons (Fsp3) is 0.333. The molecule has 1 amide bonds. The van der Waals surface area contributed by atoms with Gasteiger partial charge in [0.15, 0.2) is 17.0 Å². The lowest BCUT2D eigenvalue weighted by molar-refractivity contribution is -0.132. The number of benzene rings is 2. The Hall–Kier alpha value is -4.33. The van der Waals surface area contributed by atoms with Gasteiger partial charge in [0.05, 0.1) is 23.9 Å². The molecular weight excluding hydrogens is 511 g/mol. The van der Waals surface area contributed by atoms with E-state index in [1.807, 2.05) is 18.2 Å². The number of carbonyl (C=O) groups is 1. The summed E-state index contributed by atoms with van der Waals surface area (Å²) >= 11 is 0. The van der Waals surface area contributed by atoms with Crippen LogP contribution in [0.3, 0.4) is 0 Å². The summed E-state index contributed by atoms with van der Waals surface area (Å²) in [4.78, 5) is 26.6. The first-order chi connectivity index (χ1) is 19.4. The quantitative estimate of drug-likeness (QED) is 0.288. The standard InChI is InChI=1S/C30H27FN6O3/c1-32-29(40)30-14-20(30)24(25(38)26(30)39)37-15-33-23-27(34-21-13-19(21)17-7-3-2-4-8-17)35-22(36-28(23)37)11-10-16-6-5-9-18(31)12-16/h2-9,12,15,19-21,24-26,38-39H,13-14H2,1H3,(H,32,40)(H,34,35,36)/t19?,20?,21?,24-,25+,26+,30?/m1/s1.